The minimum Gasteiger partial charge on any atom is -0.315 e. The Kier molecular flexibility index (Phi) is 6.02. The summed E-state index contributed by atoms with van der Waals surface area (Å²) >= 11 is 0. The van der Waals surface area contributed by atoms with Crippen molar-refractivity contribution in [1.29, 1.82) is 0 Å². The monoisotopic (exact) mass is 262 g/mol. The zero-order chi connectivity index (χ0) is 14.5. The number of likely N-dealkylation sites (N-methyl/N-ethyl adjacent to an activating group) is 1. The molecule has 2 N–H and O–H groups in total. The lowest BCUT2D eigenvalue weighted by Gasteiger charge is -2.24. The van der Waals surface area contributed by atoms with E-state index in [-0.39, 0.29) is 5.54 Å². The molecule has 0 heterocycles. The van der Waals surface area contributed by atoms with Crippen LogP contribution in [0.5, 0.6) is 0 Å². The summed E-state index contributed by atoms with van der Waals surface area (Å²) in [6.45, 7) is 13.2. The van der Waals surface area contributed by atoms with Crippen LogP contribution in [0.3, 0.4) is 0 Å². The van der Waals surface area contributed by atoms with Gasteiger partial charge in [-0.2, -0.15) is 0 Å². The second kappa shape index (κ2) is 7.06. The largest absolute Gasteiger partial charge is 0.315 e. The summed E-state index contributed by atoms with van der Waals surface area (Å²) < 4.78 is 0. The molecule has 0 aliphatic rings. The predicted octanol–water partition coefficient (Wildman–Crippen LogP) is 3.25. The van der Waals surface area contributed by atoms with Gasteiger partial charge in [0, 0.05) is 12.1 Å². The highest BCUT2D eigenvalue weighted by atomic mass is 15.0. The van der Waals surface area contributed by atoms with Crippen LogP contribution < -0.4 is 10.6 Å². The number of rotatable bonds is 7. The highest BCUT2D eigenvalue weighted by molar-refractivity contribution is 5.32. The first-order valence-electron chi connectivity index (χ1n) is 7.35. The molecule has 0 unspecified atom stereocenters. The van der Waals surface area contributed by atoms with Crippen molar-refractivity contribution in [1.82, 2.24) is 10.6 Å². The van der Waals surface area contributed by atoms with Crippen molar-refractivity contribution in [3.05, 3.63) is 34.9 Å². The first-order chi connectivity index (χ1) is 8.85. The number of nitrogens with one attached hydrogen (secondary N) is 2. The first-order valence-corrected chi connectivity index (χ1v) is 7.35. The van der Waals surface area contributed by atoms with Crippen molar-refractivity contribution in [2.45, 2.75) is 52.5 Å². The summed E-state index contributed by atoms with van der Waals surface area (Å²) in [5, 5.41) is 6.85. The fraction of sp³-hybridized carbons (Fsp3) is 0.647. The number of hydrogen-bond donors (Lipinski definition) is 2. The van der Waals surface area contributed by atoms with Gasteiger partial charge in [0.15, 0.2) is 0 Å². The molecule has 0 saturated heterocycles. The molecule has 2 nitrogen and oxygen atoms in total. The Morgan fingerprint density at radius 3 is 2.47 bits per heavy atom. The van der Waals surface area contributed by atoms with Gasteiger partial charge in [-0.05, 0) is 63.4 Å². The molecule has 0 saturated carbocycles. The maximum Gasteiger partial charge on any atom is 0.0246 e. The van der Waals surface area contributed by atoms with Gasteiger partial charge in [-0.15, -0.1) is 0 Å². The number of hydrogen-bond acceptors (Lipinski definition) is 2. The summed E-state index contributed by atoms with van der Waals surface area (Å²) in [7, 11) is 2.01. The van der Waals surface area contributed by atoms with Crippen LogP contribution in [0.2, 0.25) is 0 Å². The number of aryl methyl sites for hydroxylation is 1. The van der Waals surface area contributed by atoms with Gasteiger partial charge in [0.05, 0.1) is 0 Å². The van der Waals surface area contributed by atoms with Crippen LogP contribution in [0.15, 0.2) is 18.2 Å². The van der Waals surface area contributed by atoms with Gasteiger partial charge in [0.1, 0.15) is 0 Å². The van der Waals surface area contributed by atoms with Gasteiger partial charge in [0.2, 0.25) is 0 Å². The van der Waals surface area contributed by atoms with Gasteiger partial charge < -0.3 is 10.6 Å². The molecule has 1 aromatic carbocycles. The fourth-order valence-electron chi connectivity index (χ4n) is 2.03. The SMILES string of the molecule is CNC(C)(C)CNCCc1cc(C(C)C)ccc1C. The zero-order valence-electron chi connectivity index (χ0n) is 13.4. The van der Waals surface area contributed by atoms with Gasteiger partial charge in [-0.1, -0.05) is 32.0 Å². The fourth-order valence-corrected chi connectivity index (χ4v) is 2.03. The highest BCUT2D eigenvalue weighted by Crippen LogP contribution is 2.18. The number of benzene rings is 1. The maximum atomic E-state index is 3.54. The summed E-state index contributed by atoms with van der Waals surface area (Å²) in [5.74, 6) is 0.607. The minimum absolute atomic E-state index is 0.162. The molecule has 0 bridgehead atoms. The third-order valence-electron chi connectivity index (χ3n) is 3.85. The van der Waals surface area contributed by atoms with E-state index in [1.807, 2.05) is 7.05 Å². The van der Waals surface area contributed by atoms with Gasteiger partial charge >= 0.3 is 0 Å². The Morgan fingerprint density at radius 2 is 1.89 bits per heavy atom. The molecule has 0 amide bonds. The van der Waals surface area contributed by atoms with Crippen LogP contribution >= 0.6 is 0 Å². The lowest BCUT2D eigenvalue weighted by Crippen LogP contribution is -2.46. The molecule has 0 radical (unpaired) electrons. The van der Waals surface area contributed by atoms with Crippen LogP contribution in [-0.4, -0.2) is 25.7 Å². The van der Waals surface area contributed by atoms with E-state index in [1.165, 1.54) is 16.7 Å². The van der Waals surface area contributed by atoms with Gasteiger partial charge in [0.25, 0.3) is 0 Å². The van der Waals surface area contributed by atoms with E-state index in [0.717, 1.165) is 19.5 Å². The molecular weight excluding hydrogens is 232 g/mol. The molecule has 0 fully saturated rings. The Balaban J connectivity index is 2.51. The third-order valence-corrected chi connectivity index (χ3v) is 3.85. The van der Waals surface area contributed by atoms with E-state index in [1.54, 1.807) is 0 Å². The lowest BCUT2D eigenvalue weighted by atomic mass is 9.96. The van der Waals surface area contributed by atoms with Crippen molar-refractivity contribution in [3.63, 3.8) is 0 Å². The Bertz CT molecular complexity index is 394. The minimum atomic E-state index is 0.162. The topological polar surface area (TPSA) is 24.1 Å². The van der Waals surface area contributed by atoms with E-state index in [9.17, 15) is 0 Å². The van der Waals surface area contributed by atoms with Crippen LogP contribution in [-0.2, 0) is 6.42 Å². The van der Waals surface area contributed by atoms with Crippen LogP contribution in [0, 0.1) is 6.92 Å². The predicted molar refractivity (Wildman–Crippen MR) is 85.0 cm³/mol. The third kappa shape index (κ3) is 5.33. The Labute approximate surface area is 119 Å². The smallest absolute Gasteiger partial charge is 0.0246 e. The van der Waals surface area contributed by atoms with E-state index < -0.39 is 0 Å². The van der Waals surface area contributed by atoms with Crippen LogP contribution in [0.4, 0.5) is 0 Å². The van der Waals surface area contributed by atoms with E-state index in [0.29, 0.717) is 5.92 Å². The molecule has 1 rings (SSSR count). The van der Waals surface area contributed by atoms with Crippen molar-refractivity contribution < 1.29 is 0 Å². The average molecular weight is 262 g/mol. The molecule has 0 aliphatic carbocycles. The summed E-state index contributed by atoms with van der Waals surface area (Å²) in [5.41, 5.74) is 4.48. The quantitative estimate of drug-likeness (QED) is 0.737. The summed E-state index contributed by atoms with van der Waals surface area (Å²) in [6, 6.07) is 6.87. The molecule has 0 spiro atoms. The Morgan fingerprint density at radius 1 is 1.21 bits per heavy atom. The van der Waals surface area contributed by atoms with Crippen LogP contribution in [0.1, 0.15) is 50.3 Å². The summed E-state index contributed by atoms with van der Waals surface area (Å²) in [6.07, 6.45) is 1.10. The van der Waals surface area contributed by atoms with Gasteiger partial charge in [-0.3, -0.25) is 0 Å². The van der Waals surface area contributed by atoms with Crippen molar-refractivity contribution in [2.75, 3.05) is 20.1 Å². The second-order valence-electron chi connectivity index (χ2n) is 6.40. The van der Waals surface area contributed by atoms with Gasteiger partial charge in [-0.25, -0.2) is 0 Å². The molecule has 0 aliphatic heterocycles. The van der Waals surface area contributed by atoms with E-state index in [2.05, 4.69) is 63.5 Å². The Hall–Kier alpha value is -0.860. The molecule has 19 heavy (non-hydrogen) atoms. The maximum absolute atomic E-state index is 3.54. The normalized spacial score (nSPS) is 12.2. The van der Waals surface area contributed by atoms with Crippen molar-refractivity contribution in [3.8, 4) is 0 Å². The van der Waals surface area contributed by atoms with Crippen molar-refractivity contribution >= 4 is 0 Å². The average Bonchev–Trinajstić information content (AvgIpc) is 2.36. The zero-order valence-corrected chi connectivity index (χ0v) is 13.4. The highest BCUT2D eigenvalue weighted by Gasteiger charge is 2.13. The molecule has 1 aromatic rings. The van der Waals surface area contributed by atoms with E-state index >= 15 is 0 Å². The standard InChI is InChI=1S/C17H30N2/c1-13(2)15-8-7-14(3)16(11-15)9-10-19-12-17(4,5)18-6/h7-8,11,13,18-19H,9-10,12H2,1-6H3. The molecule has 0 aromatic heterocycles. The first kappa shape index (κ1) is 16.2. The molecule has 0 atom stereocenters. The second-order valence-corrected chi connectivity index (χ2v) is 6.40. The van der Waals surface area contributed by atoms with Crippen LogP contribution in [0.25, 0.3) is 0 Å². The molecule has 2 heteroatoms. The molecule has 108 valence electrons. The molecular formula is C17H30N2. The summed E-state index contributed by atoms with van der Waals surface area (Å²) in [4.78, 5) is 0. The lowest BCUT2D eigenvalue weighted by molar-refractivity contribution is 0.395. The van der Waals surface area contributed by atoms with E-state index in [4.69, 9.17) is 0 Å². The van der Waals surface area contributed by atoms with Crippen molar-refractivity contribution in [2.24, 2.45) is 0 Å².